The Morgan fingerprint density at radius 3 is 2.86 bits per heavy atom. The molecular weight excluding hydrogens is 174 g/mol. The lowest BCUT2D eigenvalue weighted by Crippen LogP contribution is -2.16. The van der Waals surface area contributed by atoms with Gasteiger partial charge in [-0.3, -0.25) is 4.79 Å². The number of hydrogen-bond acceptors (Lipinski definition) is 2. The van der Waals surface area contributed by atoms with Crippen LogP contribution in [0.3, 0.4) is 0 Å². The van der Waals surface area contributed by atoms with Gasteiger partial charge in [0.1, 0.15) is 0 Å². The van der Waals surface area contributed by atoms with E-state index < -0.39 is 0 Å². The Kier molecular flexibility index (Phi) is 2.09. The van der Waals surface area contributed by atoms with Gasteiger partial charge in [0.2, 0.25) is 0 Å². The molecular formula is C12H11NO. The average molecular weight is 185 g/mol. The summed E-state index contributed by atoms with van der Waals surface area (Å²) in [6, 6.07) is 9.78. The fourth-order valence-corrected chi connectivity index (χ4v) is 1.96. The van der Waals surface area contributed by atoms with Gasteiger partial charge in [0, 0.05) is 11.5 Å². The van der Waals surface area contributed by atoms with Crippen LogP contribution in [0.15, 0.2) is 24.3 Å². The highest BCUT2D eigenvalue weighted by Crippen LogP contribution is 2.30. The molecule has 0 N–H and O–H groups in total. The fraction of sp³-hybridized carbons (Fsp3) is 0.333. The monoisotopic (exact) mass is 185 g/mol. The smallest absolute Gasteiger partial charge is 0.167 e. The van der Waals surface area contributed by atoms with E-state index in [0.717, 1.165) is 17.5 Å². The van der Waals surface area contributed by atoms with E-state index in [1.807, 2.05) is 31.2 Å². The fourth-order valence-electron chi connectivity index (χ4n) is 1.96. The zero-order chi connectivity index (χ0) is 10.1. The SMILES string of the molecule is CC(C#N)C1Cc2ccccc2C1=O. The summed E-state index contributed by atoms with van der Waals surface area (Å²) in [7, 11) is 0. The number of carbonyl (C=O) groups excluding carboxylic acids is 1. The highest BCUT2D eigenvalue weighted by atomic mass is 16.1. The number of ketones is 1. The maximum absolute atomic E-state index is 11.8. The lowest BCUT2D eigenvalue weighted by Gasteiger charge is -2.08. The Labute approximate surface area is 83.2 Å². The van der Waals surface area contributed by atoms with Crippen LogP contribution in [0.1, 0.15) is 22.8 Å². The van der Waals surface area contributed by atoms with Gasteiger partial charge in [-0.05, 0) is 18.9 Å². The average Bonchev–Trinajstić information content (AvgIpc) is 2.56. The normalized spacial score (nSPS) is 21.4. The molecule has 1 aliphatic carbocycles. The molecule has 0 bridgehead atoms. The van der Waals surface area contributed by atoms with Crippen molar-refractivity contribution in [1.29, 1.82) is 5.26 Å². The van der Waals surface area contributed by atoms with Crippen molar-refractivity contribution >= 4 is 5.78 Å². The zero-order valence-corrected chi connectivity index (χ0v) is 8.03. The van der Waals surface area contributed by atoms with Gasteiger partial charge in [-0.2, -0.15) is 5.26 Å². The van der Waals surface area contributed by atoms with Crippen molar-refractivity contribution < 1.29 is 4.79 Å². The van der Waals surface area contributed by atoms with E-state index in [1.54, 1.807) is 0 Å². The second-order valence-corrected chi connectivity index (χ2v) is 3.75. The van der Waals surface area contributed by atoms with Gasteiger partial charge >= 0.3 is 0 Å². The minimum Gasteiger partial charge on any atom is -0.294 e. The molecule has 0 saturated heterocycles. The van der Waals surface area contributed by atoms with Crippen LogP contribution in [0.5, 0.6) is 0 Å². The Morgan fingerprint density at radius 2 is 2.21 bits per heavy atom. The third-order valence-corrected chi connectivity index (χ3v) is 2.87. The van der Waals surface area contributed by atoms with Gasteiger partial charge in [0.05, 0.1) is 12.0 Å². The van der Waals surface area contributed by atoms with Crippen molar-refractivity contribution in [2.75, 3.05) is 0 Å². The topological polar surface area (TPSA) is 40.9 Å². The summed E-state index contributed by atoms with van der Waals surface area (Å²) < 4.78 is 0. The maximum atomic E-state index is 11.8. The van der Waals surface area contributed by atoms with Crippen LogP contribution in [-0.2, 0) is 6.42 Å². The molecule has 2 heteroatoms. The van der Waals surface area contributed by atoms with Crippen LogP contribution in [0.2, 0.25) is 0 Å². The first-order chi connectivity index (χ1) is 6.74. The molecule has 0 aliphatic heterocycles. The molecule has 0 fully saturated rings. The Bertz CT molecular complexity index is 417. The van der Waals surface area contributed by atoms with Gasteiger partial charge < -0.3 is 0 Å². The number of Topliss-reactive ketones (excluding diaryl/α,β-unsaturated/α-hetero) is 1. The lowest BCUT2D eigenvalue weighted by molar-refractivity contribution is 0.0916. The number of benzene rings is 1. The standard InChI is InChI=1S/C12H11NO/c1-8(7-13)11-6-9-4-2-3-5-10(9)12(11)14/h2-5,8,11H,6H2,1H3. The summed E-state index contributed by atoms with van der Waals surface area (Å²) in [5, 5.41) is 8.79. The molecule has 0 amide bonds. The van der Waals surface area contributed by atoms with Crippen molar-refractivity contribution in [3.05, 3.63) is 35.4 Å². The molecule has 1 aromatic rings. The van der Waals surface area contributed by atoms with E-state index >= 15 is 0 Å². The first-order valence-corrected chi connectivity index (χ1v) is 4.75. The highest BCUT2D eigenvalue weighted by molar-refractivity contribution is 6.02. The summed E-state index contributed by atoms with van der Waals surface area (Å²) in [6.45, 7) is 1.81. The van der Waals surface area contributed by atoms with Crippen LogP contribution in [0.25, 0.3) is 0 Å². The number of rotatable bonds is 1. The minimum atomic E-state index is -0.185. The predicted molar refractivity (Wildman–Crippen MR) is 52.7 cm³/mol. The molecule has 0 saturated carbocycles. The first-order valence-electron chi connectivity index (χ1n) is 4.75. The van der Waals surface area contributed by atoms with Crippen LogP contribution >= 0.6 is 0 Å². The van der Waals surface area contributed by atoms with Crippen molar-refractivity contribution in [3.63, 3.8) is 0 Å². The summed E-state index contributed by atoms with van der Waals surface area (Å²) >= 11 is 0. The van der Waals surface area contributed by atoms with Crippen LogP contribution < -0.4 is 0 Å². The molecule has 14 heavy (non-hydrogen) atoms. The van der Waals surface area contributed by atoms with E-state index in [2.05, 4.69) is 6.07 Å². The molecule has 2 atom stereocenters. The largest absolute Gasteiger partial charge is 0.294 e. The first kappa shape index (κ1) is 8.96. The molecule has 0 aromatic heterocycles. The minimum absolute atomic E-state index is 0.127. The molecule has 2 unspecified atom stereocenters. The van der Waals surface area contributed by atoms with Gasteiger partial charge in [0.25, 0.3) is 0 Å². The Hall–Kier alpha value is -1.62. The van der Waals surface area contributed by atoms with Crippen LogP contribution in [0, 0.1) is 23.2 Å². The molecule has 2 nitrogen and oxygen atoms in total. The van der Waals surface area contributed by atoms with Gasteiger partial charge in [-0.1, -0.05) is 24.3 Å². The third kappa shape index (κ3) is 1.22. The van der Waals surface area contributed by atoms with E-state index in [0.29, 0.717) is 0 Å². The summed E-state index contributed by atoms with van der Waals surface area (Å²) in [5.41, 5.74) is 1.89. The van der Waals surface area contributed by atoms with Crippen molar-refractivity contribution in [2.24, 2.45) is 11.8 Å². The van der Waals surface area contributed by atoms with Gasteiger partial charge in [-0.15, -0.1) is 0 Å². The van der Waals surface area contributed by atoms with Crippen molar-refractivity contribution in [2.45, 2.75) is 13.3 Å². The Balaban J connectivity index is 2.36. The predicted octanol–water partition coefficient (Wildman–Crippen LogP) is 2.20. The summed E-state index contributed by atoms with van der Waals surface area (Å²) in [5.74, 6) is -0.179. The number of nitriles is 1. The number of nitrogens with zero attached hydrogens (tertiary/aromatic N) is 1. The second kappa shape index (κ2) is 3.26. The molecule has 1 aromatic carbocycles. The van der Waals surface area contributed by atoms with E-state index in [9.17, 15) is 4.79 Å². The molecule has 1 aliphatic rings. The quantitative estimate of drug-likeness (QED) is 0.673. The second-order valence-electron chi connectivity index (χ2n) is 3.75. The molecule has 0 heterocycles. The summed E-state index contributed by atoms with van der Waals surface area (Å²) in [6.07, 6.45) is 0.726. The molecule has 70 valence electrons. The molecule has 2 rings (SSSR count). The third-order valence-electron chi connectivity index (χ3n) is 2.87. The van der Waals surface area contributed by atoms with Crippen LogP contribution in [0.4, 0.5) is 0 Å². The number of carbonyl (C=O) groups is 1. The highest BCUT2D eigenvalue weighted by Gasteiger charge is 2.33. The van der Waals surface area contributed by atoms with Gasteiger partial charge in [-0.25, -0.2) is 0 Å². The van der Waals surface area contributed by atoms with Gasteiger partial charge in [0.15, 0.2) is 5.78 Å². The number of hydrogen-bond donors (Lipinski definition) is 0. The zero-order valence-electron chi connectivity index (χ0n) is 8.03. The molecule has 0 radical (unpaired) electrons. The van der Waals surface area contributed by atoms with Crippen LogP contribution in [-0.4, -0.2) is 5.78 Å². The maximum Gasteiger partial charge on any atom is 0.167 e. The number of fused-ring (bicyclic) bond motifs is 1. The van der Waals surface area contributed by atoms with Crippen molar-refractivity contribution in [3.8, 4) is 6.07 Å². The molecule has 0 spiro atoms. The van der Waals surface area contributed by atoms with E-state index in [4.69, 9.17) is 5.26 Å². The van der Waals surface area contributed by atoms with Crippen molar-refractivity contribution in [1.82, 2.24) is 0 Å². The lowest BCUT2D eigenvalue weighted by atomic mass is 9.92. The van der Waals surface area contributed by atoms with E-state index in [-0.39, 0.29) is 17.6 Å². The Morgan fingerprint density at radius 1 is 1.50 bits per heavy atom. The summed E-state index contributed by atoms with van der Waals surface area (Å²) in [4.78, 5) is 11.8. The van der Waals surface area contributed by atoms with E-state index in [1.165, 1.54) is 0 Å².